The van der Waals surface area contributed by atoms with E-state index in [4.69, 9.17) is 5.73 Å². The SMILES string of the molecule is Cl.Nc1sc2ccccc2c1CC=O. The van der Waals surface area contributed by atoms with Gasteiger partial charge in [-0.1, -0.05) is 18.2 Å². The summed E-state index contributed by atoms with van der Waals surface area (Å²) in [5.41, 5.74) is 6.77. The fourth-order valence-corrected chi connectivity index (χ4v) is 2.41. The predicted molar refractivity (Wildman–Crippen MR) is 63.3 cm³/mol. The van der Waals surface area contributed by atoms with Crippen molar-refractivity contribution in [3.8, 4) is 0 Å². The number of halogens is 1. The lowest BCUT2D eigenvalue weighted by molar-refractivity contribution is -0.107. The molecule has 0 radical (unpaired) electrons. The van der Waals surface area contributed by atoms with E-state index in [1.165, 1.54) is 11.3 Å². The topological polar surface area (TPSA) is 43.1 Å². The van der Waals surface area contributed by atoms with Gasteiger partial charge in [0.05, 0.1) is 5.00 Å². The van der Waals surface area contributed by atoms with E-state index < -0.39 is 0 Å². The zero-order valence-corrected chi connectivity index (χ0v) is 9.03. The summed E-state index contributed by atoms with van der Waals surface area (Å²) >= 11 is 1.54. The summed E-state index contributed by atoms with van der Waals surface area (Å²) in [4.78, 5) is 10.4. The van der Waals surface area contributed by atoms with Gasteiger partial charge in [0.25, 0.3) is 0 Å². The molecule has 74 valence electrons. The summed E-state index contributed by atoms with van der Waals surface area (Å²) in [6.45, 7) is 0. The number of nitrogens with two attached hydrogens (primary N) is 1. The minimum absolute atomic E-state index is 0. The van der Waals surface area contributed by atoms with Gasteiger partial charge in [-0.25, -0.2) is 0 Å². The maximum Gasteiger partial charge on any atom is 0.124 e. The van der Waals surface area contributed by atoms with Gasteiger partial charge in [0, 0.05) is 16.7 Å². The third-order valence-electron chi connectivity index (χ3n) is 2.02. The quantitative estimate of drug-likeness (QED) is 0.802. The van der Waals surface area contributed by atoms with E-state index in [2.05, 4.69) is 0 Å². The van der Waals surface area contributed by atoms with Crippen LogP contribution in [-0.2, 0) is 11.2 Å². The number of carbonyl (C=O) groups is 1. The molecule has 1 aromatic heterocycles. The molecule has 0 aliphatic rings. The van der Waals surface area contributed by atoms with Crippen LogP contribution in [0, 0.1) is 0 Å². The van der Waals surface area contributed by atoms with Crippen molar-refractivity contribution in [1.82, 2.24) is 0 Å². The first kappa shape index (κ1) is 11.0. The van der Waals surface area contributed by atoms with Crippen LogP contribution in [0.4, 0.5) is 5.00 Å². The zero-order valence-electron chi connectivity index (χ0n) is 7.40. The average molecular weight is 228 g/mol. The minimum Gasteiger partial charge on any atom is -0.390 e. The molecular formula is C10H10ClNOS. The molecule has 0 bridgehead atoms. The molecule has 0 aliphatic carbocycles. The standard InChI is InChI=1S/C10H9NOS.ClH/c11-10-8(5-6-12)7-3-1-2-4-9(7)13-10;/h1-4,6H,5,11H2;1H. The second-order valence-corrected chi connectivity index (χ2v) is 3.90. The predicted octanol–water partition coefficient (Wildman–Crippen LogP) is 2.65. The Labute approximate surface area is 92.1 Å². The number of thiophene rings is 1. The number of hydrogen-bond donors (Lipinski definition) is 1. The Morgan fingerprint density at radius 1 is 1.36 bits per heavy atom. The number of carbonyl (C=O) groups excluding carboxylic acids is 1. The Hall–Kier alpha value is -1.06. The number of rotatable bonds is 2. The maximum atomic E-state index is 10.4. The number of aldehydes is 1. The first-order valence-corrected chi connectivity index (χ1v) is 4.84. The van der Waals surface area contributed by atoms with Crippen LogP contribution in [0.25, 0.3) is 10.1 Å². The van der Waals surface area contributed by atoms with Gasteiger partial charge in [-0.15, -0.1) is 23.7 Å². The van der Waals surface area contributed by atoms with E-state index in [0.717, 1.165) is 26.9 Å². The van der Waals surface area contributed by atoms with Gasteiger partial charge in [0.1, 0.15) is 6.29 Å². The summed E-state index contributed by atoms with van der Waals surface area (Å²) in [6.07, 6.45) is 1.31. The molecule has 0 fully saturated rings. The van der Waals surface area contributed by atoms with Crippen LogP contribution in [0.5, 0.6) is 0 Å². The van der Waals surface area contributed by atoms with Gasteiger partial charge in [0.2, 0.25) is 0 Å². The Kier molecular flexibility index (Phi) is 3.49. The highest BCUT2D eigenvalue weighted by Crippen LogP contribution is 2.33. The molecule has 0 unspecified atom stereocenters. The second-order valence-electron chi connectivity index (χ2n) is 2.81. The third-order valence-corrected chi connectivity index (χ3v) is 3.06. The lowest BCUT2D eigenvalue weighted by Gasteiger charge is -1.93. The van der Waals surface area contributed by atoms with Crippen LogP contribution in [0.15, 0.2) is 24.3 Å². The van der Waals surface area contributed by atoms with Crippen molar-refractivity contribution in [1.29, 1.82) is 0 Å². The van der Waals surface area contributed by atoms with Gasteiger partial charge >= 0.3 is 0 Å². The van der Waals surface area contributed by atoms with Crippen molar-refractivity contribution < 1.29 is 4.79 Å². The highest BCUT2D eigenvalue weighted by atomic mass is 35.5. The zero-order chi connectivity index (χ0) is 9.26. The summed E-state index contributed by atoms with van der Waals surface area (Å²) in [5.74, 6) is 0. The van der Waals surface area contributed by atoms with Gasteiger partial charge in [-0.2, -0.15) is 0 Å². The number of nitrogen functional groups attached to an aromatic ring is 1. The highest BCUT2D eigenvalue weighted by Gasteiger charge is 2.07. The lowest BCUT2D eigenvalue weighted by Crippen LogP contribution is -1.89. The number of hydrogen-bond acceptors (Lipinski definition) is 3. The Balaban J connectivity index is 0.000000980. The second kappa shape index (κ2) is 4.44. The van der Waals surface area contributed by atoms with E-state index in [0.29, 0.717) is 6.42 Å². The van der Waals surface area contributed by atoms with E-state index in [1.54, 1.807) is 0 Å². The van der Waals surface area contributed by atoms with Crippen molar-refractivity contribution >= 4 is 45.1 Å². The van der Waals surface area contributed by atoms with E-state index in [9.17, 15) is 4.79 Å². The van der Waals surface area contributed by atoms with E-state index in [-0.39, 0.29) is 12.4 Å². The van der Waals surface area contributed by atoms with Crippen LogP contribution in [-0.4, -0.2) is 6.29 Å². The number of anilines is 1. The average Bonchev–Trinajstić information content (AvgIpc) is 2.44. The lowest BCUT2D eigenvalue weighted by atomic mass is 10.1. The Morgan fingerprint density at radius 3 is 2.79 bits per heavy atom. The minimum atomic E-state index is 0. The molecule has 0 saturated carbocycles. The van der Waals surface area contributed by atoms with Crippen LogP contribution in [0.1, 0.15) is 5.56 Å². The molecule has 2 aromatic rings. The van der Waals surface area contributed by atoms with Crippen molar-refractivity contribution in [3.63, 3.8) is 0 Å². The molecule has 0 amide bonds. The van der Waals surface area contributed by atoms with Gasteiger partial charge < -0.3 is 10.5 Å². The maximum absolute atomic E-state index is 10.4. The fourth-order valence-electron chi connectivity index (χ4n) is 1.41. The first-order chi connectivity index (χ1) is 6.33. The monoisotopic (exact) mass is 227 g/mol. The molecule has 2 rings (SSSR count). The number of benzene rings is 1. The molecule has 14 heavy (non-hydrogen) atoms. The molecule has 0 aliphatic heterocycles. The third kappa shape index (κ3) is 1.74. The molecule has 2 N–H and O–H groups in total. The van der Waals surface area contributed by atoms with Crippen molar-refractivity contribution in [2.45, 2.75) is 6.42 Å². The Morgan fingerprint density at radius 2 is 2.07 bits per heavy atom. The Bertz CT molecular complexity index is 452. The summed E-state index contributed by atoms with van der Waals surface area (Å²) in [6, 6.07) is 7.96. The van der Waals surface area contributed by atoms with Gasteiger partial charge in [-0.05, 0) is 11.5 Å². The summed E-state index contributed by atoms with van der Waals surface area (Å²) in [5, 5.41) is 1.87. The molecule has 1 heterocycles. The van der Waals surface area contributed by atoms with Crippen molar-refractivity contribution in [2.24, 2.45) is 0 Å². The smallest absolute Gasteiger partial charge is 0.124 e. The highest BCUT2D eigenvalue weighted by molar-refractivity contribution is 7.22. The fraction of sp³-hybridized carbons (Fsp3) is 0.100. The van der Waals surface area contributed by atoms with Crippen LogP contribution >= 0.6 is 23.7 Å². The summed E-state index contributed by atoms with van der Waals surface area (Å²) in [7, 11) is 0. The van der Waals surface area contributed by atoms with Crippen LogP contribution in [0.3, 0.4) is 0 Å². The summed E-state index contributed by atoms with van der Waals surface area (Å²) < 4.78 is 1.15. The van der Waals surface area contributed by atoms with E-state index in [1.807, 2.05) is 24.3 Å². The molecular weight excluding hydrogens is 218 g/mol. The van der Waals surface area contributed by atoms with E-state index >= 15 is 0 Å². The van der Waals surface area contributed by atoms with Gasteiger partial charge in [-0.3, -0.25) is 0 Å². The first-order valence-electron chi connectivity index (χ1n) is 4.02. The van der Waals surface area contributed by atoms with Crippen LogP contribution in [0.2, 0.25) is 0 Å². The number of fused-ring (bicyclic) bond motifs is 1. The molecule has 0 spiro atoms. The van der Waals surface area contributed by atoms with Gasteiger partial charge in [0.15, 0.2) is 0 Å². The van der Waals surface area contributed by atoms with Crippen molar-refractivity contribution in [3.05, 3.63) is 29.8 Å². The molecule has 2 nitrogen and oxygen atoms in total. The molecule has 4 heteroatoms. The molecule has 1 aromatic carbocycles. The normalized spacial score (nSPS) is 9.71. The largest absolute Gasteiger partial charge is 0.390 e. The van der Waals surface area contributed by atoms with Crippen molar-refractivity contribution in [2.75, 3.05) is 5.73 Å². The van der Waals surface area contributed by atoms with Crippen LogP contribution < -0.4 is 5.73 Å². The molecule has 0 atom stereocenters. The molecule has 0 saturated heterocycles.